The largest absolute Gasteiger partial charge is 0.445 e. The fourth-order valence-corrected chi connectivity index (χ4v) is 3.21. The van der Waals surface area contributed by atoms with Crippen LogP contribution < -0.4 is 15.4 Å². The summed E-state index contributed by atoms with van der Waals surface area (Å²) < 4.78 is 30.4. The molecule has 2 amide bonds. The van der Waals surface area contributed by atoms with Crippen molar-refractivity contribution in [3.63, 3.8) is 0 Å². The van der Waals surface area contributed by atoms with E-state index < -0.39 is 34.1 Å². The van der Waals surface area contributed by atoms with Gasteiger partial charge < -0.3 is 15.4 Å². The van der Waals surface area contributed by atoms with Crippen molar-refractivity contribution in [3.8, 4) is 0 Å². The Morgan fingerprint density at radius 2 is 1.55 bits per heavy atom. The molecule has 0 unspecified atom stereocenters. The first-order valence-electron chi connectivity index (χ1n) is 9.72. The maximum Gasteiger partial charge on any atom is 0.408 e. The molecule has 0 fully saturated rings. The van der Waals surface area contributed by atoms with Crippen LogP contribution >= 0.6 is 0 Å². The van der Waals surface area contributed by atoms with E-state index in [9.17, 15) is 18.0 Å². The monoisotopic (exact) mass is 445 g/mol. The highest BCUT2D eigenvalue weighted by Crippen LogP contribution is 2.06. The molecule has 166 valence electrons. The highest BCUT2D eigenvalue weighted by molar-refractivity contribution is 7.92. The van der Waals surface area contributed by atoms with Gasteiger partial charge in [-0.2, -0.15) is 0 Å². The molecule has 0 radical (unpaired) electrons. The van der Waals surface area contributed by atoms with E-state index in [1.807, 2.05) is 60.7 Å². The Balaban J connectivity index is 2.03. The number of carbonyl (C=O) groups excluding carboxylic acids is 2. The van der Waals surface area contributed by atoms with Crippen molar-refractivity contribution in [2.75, 3.05) is 7.05 Å². The van der Waals surface area contributed by atoms with Crippen LogP contribution in [0.3, 0.4) is 0 Å². The number of hydrogen-bond donors (Lipinski definition) is 3. The van der Waals surface area contributed by atoms with Gasteiger partial charge in [-0.05, 0) is 31.2 Å². The van der Waals surface area contributed by atoms with Gasteiger partial charge in [-0.3, -0.25) is 4.79 Å². The fourth-order valence-electron chi connectivity index (χ4n) is 2.63. The van der Waals surface area contributed by atoms with Gasteiger partial charge in [-0.25, -0.2) is 17.9 Å². The van der Waals surface area contributed by atoms with Gasteiger partial charge >= 0.3 is 6.09 Å². The van der Waals surface area contributed by atoms with Gasteiger partial charge in [0.15, 0.2) is 0 Å². The SMILES string of the molecule is CNS(=O)(=O)/C=C/[C@H](C)NC(=O)[C@H](Cc1ccccc1)NC(=O)OCc1ccccc1. The number of carbonyl (C=O) groups is 2. The maximum atomic E-state index is 12.8. The van der Waals surface area contributed by atoms with Gasteiger partial charge in [-0.15, -0.1) is 0 Å². The Bertz CT molecular complexity index is 979. The molecule has 0 heterocycles. The summed E-state index contributed by atoms with van der Waals surface area (Å²) in [6.45, 7) is 1.71. The summed E-state index contributed by atoms with van der Waals surface area (Å²) in [4.78, 5) is 25.1. The maximum absolute atomic E-state index is 12.8. The van der Waals surface area contributed by atoms with Gasteiger partial charge in [0.25, 0.3) is 0 Å². The minimum absolute atomic E-state index is 0.0768. The molecule has 2 atom stereocenters. The summed E-state index contributed by atoms with van der Waals surface area (Å²) in [5, 5.41) is 6.26. The van der Waals surface area contributed by atoms with E-state index in [4.69, 9.17) is 4.74 Å². The molecule has 2 aromatic carbocycles. The molecule has 2 rings (SSSR count). The summed E-state index contributed by atoms with van der Waals surface area (Å²) in [6.07, 6.45) is 0.871. The summed E-state index contributed by atoms with van der Waals surface area (Å²) in [6, 6.07) is 17.0. The Morgan fingerprint density at radius 3 is 2.13 bits per heavy atom. The van der Waals surface area contributed by atoms with Crippen LogP contribution in [0.4, 0.5) is 4.79 Å². The molecule has 0 saturated carbocycles. The van der Waals surface area contributed by atoms with E-state index in [0.717, 1.165) is 16.5 Å². The Morgan fingerprint density at radius 1 is 0.968 bits per heavy atom. The lowest BCUT2D eigenvalue weighted by Crippen LogP contribution is -2.50. The first-order chi connectivity index (χ1) is 14.8. The van der Waals surface area contributed by atoms with Crippen LogP contribution in [0.2, 0.25) is 0 Å². The molecule has 9 heteroatoms. The van der Waals surface area contributed by atoms with Crippen LogP contribution in [0.5, 0.6) is 0 Å². The van der Waals surface area contributed by atoms with Gasteiger partial charge in [0, 0.05) is 17.9 Å². The van der Waals surface area contributed by atoms with E-state index >= 15 is 0 Å². The quantitative estimate of drug-likeness (QED) is 0.518. The average molecular weight is 446 g/mol. The van der Waals surface area contributed by atoms with Crippen LogP contribution in [0.25, 0.3) is 0 Å². The molecule has 0 aliphatic heterocycles. The van der Waals surface area contributed by atoms with Crippen LogP contribution in [0, 0.1) is 0 Å². The number of hydrogen-bond acceptors (Lipinski definition) is 5. The summed E-state index contributed by atoms with van der Waals surface area (Å²) in [5.41, 5.74) is 1.68. The van der Waals surface area contributed by atoms with Crippen LogP contribution in [0.15, 0.2) is 72.1 Å². The van der Waals surface area contributed by atoms with Gasteiger partial charge in [0.05, 0.1) is 0 Å². The molecule has 0 aliphatic rings. The lowest BCUT2D eigenvalue weighted by atomic mass is 10.1. The molecule has 0 aliphatic carbocycles. The molecular weight excluding hydrogens is 418 g/mol. The zero-order valence-electron chi connectivity index (χ0n) is 17.4. The first-order valence-corrected chi connectivity index (χ1v) is 11.3. The van der Waals surface area contributed by atoms with Crippen molar-refractivity contribution in [1.29, 1.82) is 0 Å². The second-order valence-electron chi connectivity index (χ2n) is 6.82. The van der Waals surface area contributed by atoms with Gasteiger partial charge in [0.1, 0.15) is 12.6 Å². The number of rotatable bonds is 10. The number of ether oxygens (including phenoxy) is 1. The standard InChI is InChI=1S/C22H27N3O5S/c1-17(13-14-31(28,29)23-2)24-21(26)20(15-18-9-5-3-6-10-18)25-22(27)30-16-19-11-7-4-8-12-19/h3-14,17,20,23H,15-16H2,1-2H3,(H,24,26)(H,25,27)/b14-13+/t17-,20-/m0/s1. The highest BCUT2D eigenvalue weighted by atomic mass is 32.2. The van der Waals surface area contributed by atoms with E-state index in [-0.39, 0.29) is 13.0 Å². The van der Waals surface area contributed by atoms with Crippen LogP contribution in [-0.2, 0) is 32.6 Å². The lowest BCUT2D eigenvalue weighted by Gasteiger charge is -2.20. The zero-order chi connectivity index (χ0) is 22.7. The van der Waals surface area contributed by atoms with Crippen LogP contribution in [0.1, 0.15) is 18.1 Å². The Hall–Kier alpha value is -3.17. The normalized spacial score (nSPS) is 13.4. The lowest BCUT2D eigenvalue weighted by molar-refractivity contribution is -0.123. The van der Waals surface area contributed by atoms with Crippen LogP contribution in [-0.4, -0.2) is 39.5 Å². The number of benzene rings is 2. The molecule has 31 heavy (non-hydrogen) atoms. The minimum atomic E-state index is -3.54. The zero-order valence-corrected chi connectivity index (χ0v) is 18.3. The molecule has 8 nitrogen and oxygen atoms in total. The summed E-state index contributed by atoms with van der Waals surface area (Å²) >= 11 is 0. The first kappa shape index (κ1) is 24.1. The van der Waals surface area contributed by atoms with E-state index in [0.29, 0.717) is 0 Å². The topological polar surface area (TPSA) is 114 Å². The fraction of sp³-hybridized carbons (Fsp3) is 0.273. The third kappa shape index (κ3) is 9.02. The third-order valence-corrected chi connectivity index (χ3v) is 5.39. The highest BCUT2D eigenvalue weighted by Gasteiger charge is 2.23. The number of sulfonamides is 1. The minimum Gasteiger partial charge on any atom is -0.445 e. The molecule has 2 aromatic rings. The molecular formula is C22H27N3O5S. The van der Waals surface area contributed by atoms with Crippen molar-refractivity contribution < 1.29 is 22.7 Å². The summed E-state index contributed by atoms with van der Waals surface area (Å²) in [7, 11) is -2.25. The second kappa shape index (κ2) is 11.9. The van der Waals surface area contributed by atoms with Gasteiger partial charge in [-0.1, -0.05) is 60.7 Å². The van der Waals surface area contributed by atoms with Crippen molar-refractivity contribution >= 4 is 22.0 Å². The van der Waals surface area contributed by atoms with E-state index in [1.165, 1.54) is 13.1 Å². The van der Waals surface area contributed by atoms with Crippen molar-refractivity contribution in [2.45, 2.75) is 32.0 Å². The smallest absolute Gasteiger partial charge is 0.408 e. The van der Waals surface area contributed by atoms with E-state index in [1.54, 1.807) is 6.92 Å². The van der Waals surface area contributed by atoms with Gasteiger partial charge in [0.2, 0.25) is 15.9 Å². The molecule has 3 N–H and O–H groups in total. The predicted octanol–water partition coefficient (Wildman–Crippen LogP) is 2.09. The summed E-state index contributed by atoms with van der Waals surface area (Å²) in [5.74, 6) is -0.459. The van der Waals surface area contributed by atoms with Crippen molar-refractivity contribution in [1.82, 2.24) is 15.4 Å². The molecule has 0 saturated heterocycles. The average Bonchev–Trinajstić information content (AvgIpc) is 2.77. The number of amides is 2. The third-order valence-electron chi connectivity index (χ3n) is 4.30. The number of nitrogens with one attached hydrogen (secondary N) is 3. The molecule has 0 bridgehead atoms. The second-order valence-corrected chi connectivity index (χ2v) is 8.59. The Labute approximate surface area is 182 Å². The predicted molar refractivity (Wildman–Crippen MR) is 118 cm³/mol. The molecule has 0 aromatic heterocycles. The van der Waals surface area contributed by atoms with Crippen molar-refractivity contribution in [2.24, 2.45) is 0 Å². The van der Waals surface area contributed by atoms with E-state index in [2.05, 4.69) is 15.4 Å². The Kier molecular flexibility index (Phi) is 9.23. The van der Waals surface area contributed by atoms with Crippen molar-refractivity contribution in [3.05, 3.63) is 83.3 Å². The number of alkyl carbamates (subject to hydrolysis) is 1. The molecule has 0 spiro atoms.